The van der Waals surface area contributed by atoms with Gasteiger partial charge in [0.2, 0.25) is 5.91 Å². The lowest BCUT2D eigenvalue weighted by Crippen LogP contribution is -2.52. The molecule has 0 aromatic heterocycles. The first kappa shape index (κ1) is 13.0. The summed E-state index contributed by atoms with van der Waals surface area (Å²) in [5.41, 5.74) is -1.41. The second kappa shape index (κ2) is 4.82. The average Bonchev–Trinajstić information content (AvgIpc) is 2.12. The van der Waals surface area contributed by atoms with Crippen LogP contribution in [0.5, 0.6) is 0 Å². The summed E-state index contributed by atoms with van der Waals surface area (Å²) in [6, 6.07) is 0.110. The number of hydrogen-bond donors (Lipinski definition) is 2. The van der Waals surface area contributed by atoms with Crippen molar-refractivity contribution in [3.8, 4) is 0 Å². The lowest BCUT2D eigenvalue weighted by atomic mass is 9.86. The molecule has 0 radical (unpaired) electrons. The minimum Gasteiger partial charge on any atom is -0.480 e. The highest BCUT2D eigenvalue weighted by Gasteiger charge is 2.42. The maximum absolute atomic E-state index is 12.1. The van der Waals surface area contributed by atoms with Gasteiger partial charge in [0.15, 0.2) is 0 Å². The van der Waals surface area contributed by atoms with Gasteiger partial charge in [-0.15, -0.1) is 0 Å². The van der Waals surface area contributed by atoms with E-state index < -0.39 is 17.3 Å². The van der Waals surface area contributed by atoms with Crippen LogP contribution in [0.3, 0.4) is 0 Å². The molecule has 0 unspecified atom stereocenters. The summed E-state index contributed by atoms with van der Waals surface area (Å²) in [5, 5.41) is 17.9. The summed E-state index contributed by atoms with van der Waals surface area (Å²) in [7, 11) is 0. The Morgan fingerprint density at radius 1 is 1.38 bits per heavy atom. The fraction of sp³-hybridized carbons (Fsp3) is 0.818. The van der Waals surface area contributed by atoms with Crippen LogP contribution in [0, 0.1) is 5.41 Å². The molecule has 1 aliphatic rings. The van der Waals surface area contributed by atoms with Gasteiger partial charge in [0.1, 0.15) is 5.41 Å². The van der Waals surface area contributed by atoms with Crippen LogP contribution in [0.25, 0.3) is 0 Å². The SMILES string of the molecule is CC(C)(C(=O)O)C(=O)N(CCO)C1CCC1. The highest BCUT2D eigenvalue weighted by atomic mass is 16.4. The standard InChI is InChI=1S/C11H19NO4/c1-11(2,10(15)16)9(14)12(6-7-13)8-4-3-5-8/h8,13H,3-7H2,1-2H3,(H,15,16). The van der Waals surface area contributed by atoms with Gasteiger partial charge in [-0.25, -0.2) is 0 Å². The lowest BCUT2D eigenvalue weighted by molar-refractivity contribution is -0.160. The molecule has 0 atom stereocenters. The van der Waals surface area contributed by atoms with Crippen molar-refractivity contribution in [2.45, 2.75) is 39.2 Å². The number of rotatable bonds is 5. The van der Waals surface area contributed by atoms with Crippen molar-refractivity contribution in [2.75, 3.05) is 13.2 Å². The van der Waals surface area contributed by atoms with E-state index in [1.165, 1.54) is 18.7 Å². The molecule has 0 aromatic carbocycles. The van der Waals surface area contributed by atoms with E-state index in [-0.39, 0.29) is 19.2 Å². The quantitative estimate of drug-likeness (QED) is 0.672. The molecular formula is C11H19NO4. The number of carboxylic acids is 1. The van der Waals surface area contributed by atoms with E-state index in [2.05, 4.69) is 0 Å². The molecule has 0 aliphatic heterocycles. The Morgan fingerprint density at radius 2 is 1.94 bits per heavy atom. The highest BCUT2D eigenvalue weighted by molar-refractivity contribution is 6.01. The van der Waals surface area contributed by atoms with Gasteiger partial charge in [-0.05, 0) is 33.1 Å². The summed E-state index contributed by atoms with van der Waals surface area (Å²) in [6.07, 6.45) is 2.87. The van der Waals surface area contributed by atoms with E-state index in [4.69, 9.17) is 10.2 Å². The van der Waals surface area contributed by atoms with Gasteiger partial charge in [-0.2, -0.15) is 0 Å². The fourth-order valence-corrected chi connectivity index (χ4v) is 1.71. The van der Waals surface area contributed by atoms with Crippen LogP contribution in [0.2, 0.25) is 0 Å². The van der Waals surface area contributed by atoms with E-state index in [1.807, 2.05) is 0 Å². The van der Waals surface area contributed by atoms with Gasteiger partial charge in [0.25, 0.3) is 0 Å². The maximum Gasteiger partial charge on any atom is 0.318 e. The molecule has 1 rings (SSSR count). The zero-order valence-electron chi connectivity index (χ0n) is 9.77. The zero-order chi connectivity index (χ0) is 12.3. The first-order valence-electron chi connectivity index (χ1n) is 5.56. The minimum atomic E-state index is -1.41. The molecule has 2 N–H and O–H groups in total. The van der Waals surface area contributed by atoms with Gasteiger partial charge in [0, 0.05) is 12.6 Å². The normalized spacial score (nSPS) is 16.7. The molecule has 0 bridgehead atoms. The van der Waals surface area contributed by atoms with Crippen molar-refractivity contribution < 1.29 is 19.8 Å². The van der Waals surface area contributed by atoms with Crippen LogP contribution in [0.15, 0.2) is 0 Å². The number of amides is 1. The van der Waals surface area contributed by atoms with Crippen molar-refractivity contribution in [2.24, 2.45) is 5.41 Å². The van der Waals surface area contributed by atoms with Crippen LogP contribution in [-0.4, -0.2) is 46.2 Å². The summed E-state index contributed by atoms with van der Waals surface area (Å²) >= 11 is 0. The van der Waals surface area contributed by atoms with Gasteiger partial charge in [0.05, 0.1) is 6.61 Å². The first-order chi connectivity index (χ1) is 7.41. The van der Waals surface area contributed by atoms with Crippen LogP contribution >= 0.6 is 0 Å². The molecule has 5 heteroatoms. The van der Waals surface area contributed by atoms with Crippen molar-refractivity contribution >= 4 is 11.9 Å². The average molecular weight is 229 g/mol. The molecular weight excluding hydrogens is 210 g/mol. The number of hydrogen-bond acceptors (Lipinski definition) is 3. The summed E-state index contributed by atoms with van der Waals surface area (Å²) in [5.74, 6) is -1.53. The van der Waals surface area contributed by atoms with E-state index >= 15 is 0 Å². The van der Waals surface area contributed by atoms with Crippen molar-refractivity contribution in [1.82, 2.24) is 4.90 Å². The molecule has 5 nitrogen and oxygen atoms in total. The molecule has 0 heterocycles. The fourth-order valence-electron chi connectivity index (χ4n) is 1.71. The molecule has 16 heavy (non-hydrogen) atoms. The van der Waals surface area contributed by atoms with Crippen LogP contribution in [-0.2, 0) is 9.59 Å². The maximum atomic E-state index is 12.1. The smallest absolute Gasteiger partial charge is 0.318 e. The van der Waals surface area contributed by atoms with Gasteiger partial charge >= 0.3 is 5.97 Å². The lowest BCUT2D eigenvalue weighted by Gasteiger charge is -2.40. The number of aliphatic carboxylic acids is 1. The summed E-state index contributed by atoms with van der Waals surface area (Å²) < 4.78 is 0. The molecule has 1 saturated carbocycles. The van der Waals surface area contributed by atoms with Crippen molar-refractivity contribution in [3.63, 3.8) is 0 Å². The molecule has 0 saturated heterocycles. The molecule has 0 spiro atoms. The number of carbonyl (C=O) groups is 2. The predicted molar refractivity (Wildman–Crippen MR) is 57.9 cm³/mol. The number of aliphatic hydroxyl groups is 1. The highest BCUT2D eigenvalue weighted by Crippen LogP contribution is 2.29. The Morgan fingerprint density at radius 3 is 2.25 bits per heavy atom. The number of carbonyl (C=O) groups excluding carboxylic acids is 1. The zero-order valence-corrected chi connectivity index (χ0v) is 9.77. The second-order valence-corrected chi connectivity index (χ2v) is 4.74. The topological polar surface area (TPSA) is 77.8 Å². The van der Waals surface area contributed by atoms with Gasteiger partial charge < -0.3 is 15.1 Å². The third-order valence-corrected chi connectivity index (χ3v) is 3.19. The molecule has 1 fully saturated rings. The Bertz CT molecular complexity index is 284. The van der Waals surface area contributed by atoms with Crippen LogP contribution in [0.4, 0.5) is 0 Å². The third kappa shape index (κ3) is 2.35. The first-order valence-corrected chi connectivity index (χ1v) is 5.56. The molecule has 1 amide bonds. The Labute approximate surface area is 95.1 Å². The monoisotopic (exact) mass is 229 g/mol. The summed E-state index contributed by atoms with van der Waals surface area (Å²) in [6.45, 7) is 2.90. The predicted octanol–water partition coefficient (Wildman–Crippen LogP) is 0.471. The molecule has 0 aromatic rings. The number of carboxylic acid groups (broad SMARTS) is 1. The third-order valence-electron chi connectivity index (χ3n) is 3.19. The Kier molecular flexibility index (Phi) is 3.91. The van der Waals surface area contributed by atoms with Crippen molar-refractivity contribution in [3.05, 3.63) is 0 Å². The Balaban J connectivity index is 2.77. The largest absolute Gasteiger partial charge is 0.480 e. The number of nitrogens with zero attached hydrogens (tertiary/aromatic N) is 1. The van der Waals surface area contributed by atoms with E-state index in [1.54, 1.807) is 0 Å². The minimum absolute atomic E-state index is 0.110. The second-order valence-electron chi connectivity index (χ2n) is 4.74. The summed E-state index contributed by atoms with van der Waals surface area (Å²) in [4.78, 5) is 24.6. The van der Waals surface area contributed by atoms with Crippen LogP contribution < -0.4 is 0 Å². The van der Waals surface area contributed by atoms with Crippen molar-refractivity contribution in [1.29, 1.82) is 0 Å². The van der Waals surface area contributed by atoms with E-state index in [9.17, 15) is 9.59 Å². The van der Waals surface area contributed by atoms with Crippen LogP contribution in [0.1, 0.15) is 33.1 Å². The molecule has 1 aliphatic carbocycles. The molecule has 92 valence electrons. The van der Waals surface area contributed by atoms with E-state index in [0.29, 0.717) is 0 Å². The van der Waals surface area contributed by atoms with Gasteiger partial charge in [-0.3, -0.25) is 9.59 Å². The number of aliphatic hydroxyl groups excluding tert-OH is 1. The van der Waals surface area contributed by atoms with Gasteiger partial charge in [-0.1, -0.05) is 0 Å². The Hall–Kier alpha value is -1.10. The van der Waals surface area contributed by atoms with E-state index in [0.717, 1.165) is 19.3 Å².